The van der Waals surface area contributed by atoms with Crippen LogP contribution in [-0.4, -0.2) is 27.8 Å². The van der Waals surface area contributed by atoms with Gasteiger partial charge in [0, 0.05) is 29.2 Å². The Balaban J connectivity index is 1.70. The van der Waals surface area contributed by atoms with Crippen molar-refractivity contribution in [3.05, 3.63) is 60.9 Å². The van der Waals surface area contributed by atoms with Crippen LogP contribution in [0.15, 0.2) is 47.9 Å². The van der Waals surface area contributed by atoms with Crippen LogP contribution >= 0.6 is 11.8 Å². The smallest absolute Gasteiger partial charge is 0.187 e. The molecule has 0 N–H and O–H groups in total. The first-order valence-electron chi connectivity index (χ1n) is 7.96. The number of methoxy groups -OCH3 is 1. The summed E-state index contributed by atoms with van der Waals surface area (Å²) < 4.78 is 5.34. The van der Waals surface area contributed by atoms with Crippen LogP contribution in [0.1, 0.15) is 17.7 Å². The fourth-order valence-corrected chi connectivity index (χ4v) is 3.16. The van der Waals surface area contributed by atoms with E-state index < -0.39 is 0 Å². The summed E-state index contributed by atoms with van der Waals surface area (Å²) in [6, 6.07) is 10.1. The Bertz CT molecular complexity index is 823. The van der Waals surface area contributed by atoms with Gasteiger partial charge in [-0.05, 0) is 62.1 Å². The highest BCUT2D eigenvalue weighted by atomic mass is 32.2. The molecule has 0 fully saturated rings. The summed E-state index contributed by atoms with van der Waals surface area (Å²) in [6.07, 6.45) is 6.64. The molecule has 0 aliphatic carbocycles. The van der Waals surface area contributed by atoms with E-state index in [9.17, 15) is 0 Å². The predicted octanol–water partition coefficient (Wildman–Crippen LogP) is 4.13. The molecular weight excluding hydrogens is 318 g/mol. The van der Waals surface area contributed by atoms with E-state index in [0.717, 1.165) is 52.5 Å². The Labute approximate surface area is 146 Å². The molecule has 1 aromatic carbocycles. The Morgan fingerprint density at radius 2 is 1.96 bits per heavy atom. The lowest BCUT2D eigenvalue weighted by Gasteiger charge is -2.08. The summed E-state index contributed by atoms with van der Waals surface area (Å²) in [5.41, 5.74) is 3.38. The fraction of sp³-hybridized carbons (Fsp3) is 0.263. The van der Waals surface area contributed by atoms with Gasteiger partial charge in [0.1, 0.15) is 5.75 Å². The zero-order valence-electron chi connectivity index (χ0n) is 13.7. The molecule has 0 aliphatic heterocycles. The molecule has 3 rings (SSSR count). The van der Waals surface area contributed by atoms with Crippen LogP contribution in [0.3, 0.4) is 0 Å². The highest BCUT2D eigenvalue weighted by Gasteiger charge is 2.05. The second-order valence-electron chi connectivity index (χ2n) is 5.39. The molecule has 0 aliphatic rings. The van der Waals surface area contributed by atoms with Crippen molar-refractivity contribution in [3.63, 3.8) is 0 Å². The topological polar surface area (TPSA) is 47.9 Å². The molecule has 3 aromatic rings. The zero-order chi connectivity index (χ0) is 16.8. The van der Waals surface area contributed by atoms with E-state index in [4.69, 9.17) is 4.74 Å². The monoisotopic (exact) mass is 338 g/mol. The molecule has 123 valence electrons. The third-order valence-corrected chi connectivity index (χ3v) is 4.50. The largest absolute Gasteiger partial charge is 0.497 e. The molecule has 1 radical (unpaired) electrons. The van der Waals surface area contributed by atoms with Gasteiger partial charge in [0.2, 0.25) is 0 Å². The first-order chi connectivity index (χ1) is 11.8. The molecule has 4 nitrogen and oxygen atoms in total. The molecule has 0 spiro atoms. The van der Waals surface area contributed by atoms with E-state index in [0.29, 0.717) is 0 Å². The predicted molar refractivity (Wildman–Crippen MR) is 98.4 cm³/mol. The SMILES string of the molecule is [CH2]CSc1nccc(CCCc2ccnc3ccc(OC)cc23)n1. The third kappa shape index (κ3) is 4.03. The average molecular weight is 338 g/mol. The van der Waals surface area contributed by atoms with E-state index in [-0.39, 0.29) is 0 Å². The van der Waals surface area contributed by atoms with Gasteiger partial charge in [-0.3, -0.25) is 4.98 Å². The molecule has 0 bridgehead atoms. The van der Waals surface area contributed by atoms with Crippen LogP contribution in [0.5, 0.6) is 5.75 Å². The van der Waals surface area contributed by atoms with Crippen LogP contribution in [0.2, 0.25) is 0 Å². The lowest BCUT2D eigenvalue weighted by molar-refractivity contribution is 0.415. The summed E-state index contributed by atoms with van der Waals surface area (Å²) in [4.78, 5) is 13.2. The zero-order valence-corrected chi connectivity index (χ0v) is 14.6. The standard InChI is InChI=1S/C19H20N3OS/c1-3-24-19-21-12-10-15(22-19)6-4-5-14-9-11-20-18-8-7-16(23-2)13-17(14)18/h7-13H,1,3-6H2,2H3. The first-order valence-corrected chi connectivity index (χ1v) is 8.94. The van der Waals surface area contributed by atoms with Gasteiger partial charge in [-0.25, -0.2) is 9.97 Å². The van der Waals surface area contributed by atoms with Gasteiger partial charge in [0.05, 0.1) is 12.6 Å². The van der Waals surface area contributed by atoms with Gasteiger partial charge in [0.15, 0.2) is 5.16 Å². The van der Waals surface area contributed by atoms with Crippen molar-refractivity contribution in [2.45, 2.75) is 24.4 Å². The quantitative estimate of drug-likeness (QED) is 0.479. The van der Waals surface area contributed by atoms with Crippen LogP contribution in [0, 0.1) is 6.92 Å². The molecule has 0 amide bonds. The fourth-order valence-electron chi connectivity index (χ4n) is 2.66. The van der Waals surface area contributed by atoms with Gasteiger partial charge in [-0.1, -0.05) is 11.8 Å². The van der Waals surface area contributed by atoms with Crippen LogP contribution in [-0.2, 0) is 12.8 Å². The Morgan fingerprint density at radius 3 is 2.79 bits per heavy atom. The Kier molecular flexibility index (Phi) is 5.64. The van der Waals surface area contributed by atoms with Crippen molar-refractivity contribution in [2.24, 2.45) is 0 Å². The average Bonchev–Trinajstić information content (AvgIpc) is 2.62. The number of aromatic nitrogens is 3. The van der Waals surface area contributed by atoms with Crippen LogP contribution in [0.4, 0.5) is 0 Å². The Hall–Kier alpha value is -2.14. The van der Waals surface area contributed by atoms with Crippen molar-refractivity contribution >= 4 is 22.7 Å². The molecule has 2 aromatic heterocycles. The minimum absolute atomic E-state index is 0.744. The van der Waals surface area contributed by atoms with E-state index >= 15 is 0 Å². The number of hydrogen-bond acceptors (Lipinski definition) is 5. The van der Waals surface area contributed by atoms with Gasteiger partial charge in [-0.15, -0.1) is 0 Å². The minimum Gasteiger partial charge on any atom is -0.497 e. The van der Waals surface area contributed by atoms with Crippen molar-refractivity contribution < 1.29 is 4.74 Å². The number of aryl methyl sites for hydroxylation is 2. The number of hydrogen-bond donors (Lipinski definition) is 0. The maximum Gasteiger partial charge on any atom is 0.187 e. The Morgan fingerprint density at radius 1 is 1.08 bits per heavy atom. The number of benzene rings is 1. The van der Waals surface area contributed by atoms with Crippen molar-refractivity contribution in [3.8, 4) is 5.75 Å². The normalized spacial score (nSPS) is 10.9. The summed E-state index contributed by atoms with van der Waals surface area (Å²) >= 11 is 1.57. The van der Waals surface area contributed by atoms with E-state index in [1.54, 1.807) is 18.9 Å². The lowest BCUT2D eigenvalue weighted by atomic mass is 10.0. The van der Waals surface area contributed by atoms with Crippen LogP contribution < -0.4 is 4.74 Å². The molecule has 5 heteroatoms. The number of thioether (sulfide) groups is 1. The maximum atomic E-state index is 5.34. The summed E-state index contributed by atoms with van der Waals surface area (Å²) in [5, 5.41) is 1.97. The van der Waals surface area contributed by atoms with E-state index in [1.807, 2.05) is 30.6 Å². The maximum absolute atomic E-state index is 5.34. The van der Waals surface area contributed by atoms with Gasteiger partial charge in [0.25, 0.3) is 0 Å². The number of pyridine rings is 1. The van der Waals surface area contributed by atoms with Gasteiger partial charge < -0.3 is 4.74 Å². The number of nitrogens with zero attached hydrogens (tertiary/aromatic N) is 3. The van der Waals surface area contributed by atoms with Gasteiger partial charge >= 0.3 is 0 Å². The summed E-state index contributed by atoms with van der Waals surface area (Å²) in [7, 11) is 1.69. The van der Waals surface area contributed by atoms with Crippen molar-refractivity contribution in [1.29, 1.82) is 0 Å². The first kappa shape index (κ1) is 16.7. The number of fused-ring (bicyclic) bond motifs is 1. The van der Waals surface area contributed by atoms with Crippen molar-refractivity contribution in [1.82, 2.24) is 15.0 Å². The summed E-state index contributed by atoms with van der Waals surface area (Å²) in [5.74, 6) is 1.61. The van der Waals surface area contributed by atoms with E-state index in [2.05, 4.69) is 34.0 Å². The highest BCUT2D eigenvalue weighted by Crippen LogP contribution is 2.23. The lowest BCUT2D eigenvalue weighted by Crippen LogP contribution is -1.97. The van der Waals surface area contributed by atoms with Crippen LogP contribution in [0.25, 0.3) is 10.9 Å². The van der Waals surface area contributed by atoms with Crippen molar-refractivity contribution in [2.75, 3.05) is 12.9 Å². The van der Waals surface area contributed by atoms with Gasteiger partial charge in [-0.2, -0.15) is 0 Å². The number of ether oxygens (including phenoxy) is 1. The molecular formula is C19H20N3OS. The minimum atomic E-state index is 0.744. The molecule has 0 saturated carbocycles. The highest BCUT2D eigenvalue weighted by molar-refractivity contribution is 7.99. The molecule has 24 heavy (non-hydrogen) atoms. The van der Waals surface area contributed by atoms with E-state index in [1.165, 1.54) is 5.56 Å². The molecule has 0 saturated heterocycles. The third-order valence-electron chi connectivity index (χ3n) is 3.84. The summed E-state index contributed by atoms with van der Waals surface area (Å²) in [6.45, 7) is 3.82. The molecule has 0 unspecified atom stereocenters. The molecule has 0 atom stereocenters. The second-order valence-corrected chi connectivity index (χ2v) is 6.45. The number of rotatable bonds is 7. The second kappa shape index (κ2) is 8.11. The molecule has 2 heterocycles.